The zero-order valence-corrected chi connectivity index (χ0v) is 12.5. The minimum Gasteiger partial charge on any atom is -0.359 e. The molecule has 4 rings (SSSR count). The highest BCUT2D eigenvalue weighted by Gasteiger charge is 2.15. The van der Waals surface area contributed by atoms with Crippen LogP contribution in [0.3, 0.4) is 0 Å². The van der Waals surface area contributed by atoms with Crippen LogP contribution >= 0.6 is 11.3 Å². The summed E-state index contributed by atoms with van der Waals surface area (Å²) >= 11 is 1.75. The molecule has 4 nitrogen and oxygen atoms in total. The minimum absolute atomic E-state index is 0.792. The molecule has 0 bridgehead atoms. The van der Waals surface area contributed by atoms with E-state index in [0.717, 1.165) is 33.5 Å². The van der Waals surface area contributed by atoms with Crippen LogP contribution in [0.1, 0.15) is 10.6 Å². The first-order valence-corrected chi connectivity index (χ1v) is 7.52. The molecule has 0 atom stereocenters. The van der Waals surface area contributed by atoms with E-state index < -0.39 is 0 Å². The third-order valence-corrected chi connectivity index (χ3v) is 4.58. The number of aromatic nitrogens is 3. The first-order chi connectivity index (χ1) is 10.2. The van der Waals surface area contributed by atoms with E-state index in [1.807, 2.05) is 19.1 Å². The predicted octanol–water partition coefficient (Wildman–Crippen LogP) is 4.56. The Hall–Kier alpha value is -2.40. The summed E-state index contributed by atoms with van der Waals surface area (Å²) in [7, 11) is 0. The molecular formula is C16H13N3OS. The average Bonchev–Trinajstić information content (AvgIpc) is 3.18. The number of fused-ring (bicyclic) bond motifs is 1. The Kier molecular flexibility index (Phi) is 2.68. The number of thiophene rings is 1. The summed E-state index contributed by atoms with van der Waals surface area (Å²) in [5.41, 5.74) is 5.82. The molecular weight excluding hydrogens is 282 g/mol. The maximum Gasteiger partial charge on any atom is 0.145 e. The van der Waals surface area contributed by atoms with Gasteiger partial charge in [0.1, 0.15) is 11.0 Å². The van der Waals surface area contributed by atoms with E-state index in [0.29, 0.717) is 0 Å². The van der Waals surface area contributed by atoms with Gasteiger partial charge in [-0.1, -0.05) is 6.07 Å². The molecule has 5 heteroatoms. The van der Waals surface area contributed by atoms with Crippen molar-refractivity contribution in [3.05, 3.63) is 47.0 Å². The van der Waals surface area contributed by atoms with Crippen LogP contribution in [0, 0.1) is 13.8 Å². The molecule has 0 fully saturated rings. The summed E-state index contributed by atoms with van der Waals surface area (Å²) in [5, 5.41) is 8.20. The fraction of sp³-hybridized carbons (Fsp3) is 0.125. The van der Waals surface area contributed by atoms with Crippen molar-refractivity contribution in [3.8, 4) is 21.7 Å². The van der Waals surface area contributed by atoms with Gasteiger partial charge in [-0.2, -0.15) is 0 Å². The minimum atomic E-state index is 0.792. The lowest BCUT2D eigenvalue weighted by atomic mass is 10.1. The Morgan fingerprint density at radius 1 is 0.905 bits per heavy atom. The number of nitrogens with zero attached hydrogens (tertiary/aromatic N) is 2. The van der Waals surface area contributed by atoms with E-state index in [2.05, 4.69) is 46.5 Å². The Balaban J connectivity index is 1.96. The fourth-order valence-corrected chi connectivity index (χ4v) is 3.42. The number of hydrogen-bond acceptors (Lipinski definition) is 4. The second-order valence-corrected chi connectivity index (χ2v) is 6.38. The van der Waals surface area contributed by atoms with Crippen molar-refractivity contribution in [2.24, 2.45) is 0 Å². The van der Waals surface area contributed by atoms with Gasteiger partial charge < -0.3 is 4.98 Å². The van der Waals surface area contributed by atoms with Crippen LogP contribution in [0.2, 0.25) is 0 Å². The number of aryl methyl sites for hydroxylation is 2. The van der Waals surface area contributed by atoms with E-state index in [1.54, 1.807) is 11.3 Å². The van der Waals surface area contributed by atoms with Gasteiger partial charge in [-0.25, -0.2) is 4.63 Å². The van der Waals surface area contributed by atoms with E-state index in [1.165, 1.54) is 9.75 Å². The number of rotatable bonds is 2. The molecule has 0 unspecified atom stereocenters. The maximum atomic E-state index is 4.99. The van der Waals surface area contributed by atoms with E-state index in [4.69, 9.17) is 4.63 Å². The van der Waals surface area contributed by atoms with Crippen molar-refractivity contribution in [1.82, 2.24) is 15.3 Å². The number of aromatic amines is 1. The highest BCUT2D eigenvalue weighted by molar-refractivity contribution is 7.15. The zero-order valence-electron chi connectivity index (χ0n) is 11.7. The van der Waals surface area contributed by atoms with Crippen LogP contribution in [0.15, 0.2) is 41.0 Å². The highest BCUT2D eigenvalue weighted by Crippen LogP contribution is 2.36. The molecule has 1 aromatic carbocycles. The second-order valence-electron chi connectivity index (χ2n) is 5.09. The van der Waals surface area contributed by atoms with E-state index in [9.17, 15) is 0 Å². The van der Waals surface area contributed by atoms with Gasteiger partial charge in [-0.05, 0) is 54.5 Å². The van der Waals surface area contributed by atoms with Crippen molar-refractivity contribution >= 4 is 22.4 Å². The van der Waals surface area contributed by atoms with Crippen LogP contribution in [-0.2, 0) is 0 Å². The van der Waals surface area contributed by atoms with Crippen LogP contribution in [-0.4, -0.2) is 15.3 Å². The Labute approximate surface area is 125 Å². The summed E-state index contributed by atoms with van der Waals surface area (Å²) in [6.45, 7) is 4.13. The zero-order chi connectivity index (χ0) is 14.4. The predicted molar refractivity (Wildman–Crippen MR) is 84.4 cm³/mol. The Bertz CT molecular complexity index is 858. The summed E-state index contributed by atoms with van der Waals surface area (Å²) in [6, 6.07) is 12.5. The van der Waals surface area contributed by atoms with Gasteiger partial charge in [0.25, 0.3) is 0 Å². The normalized spacial score (nSPS) is 11.3. The van der Waals surface area contributed by atoms with Crippen LogP contribution in [0.25, 0.3) is 32.7 Å². The molecule has 0 amide bonds. The standard InChI is InChI=1S/C16H13N3OS/c1-9-3-7-13(17-9)11-5-6-12(14-8-4-10(2)21-14)16-15(11)18-20-19-16/h3-8,17H,1-2H3. The molecule has 0 aliphatic carbocycles. The van der Waals surface area contributed by atoms with Gasteiger partial charge in [0.05, 0.1) is 0 Å². The van der Waals surface area contributed by atoms with Gasteiger partial charge in [0, 0.05) is 32.3 Å². The lowest BCUT2D eigenvalue weighted by Crippen LogP contribution is -1.84. The largest absolute Gasteiger partial charge is 0.359 e. The second kappa shape index (κ2) is 4.56. The molecule has 0 aliphatic heterocycles. The molecule has 4 aromatic rings. The van der Waals surface area contributed by atoms with Crippen molar-refractivity contribution in [2.45, 2.75) is 13.8 Å². The molecule has 21 heavy (non-hydrogen) atoms. The number of nitrogens with one attached hydrogen (secondary N) is 1. The van der Waals surface area contributed by atoms with Crippen LogP contribution in [0.5, 0.6) is 0 Å². The van der Waals surface area contributed by atoms with Crippen molar-refractivity contribution < 1.29 is 4.63 Å². The molecule has 0 aliphatic rings. The van der Waals surface area contributed by atoms with Gasteiger partial charge in [0.2, 0.25) is 0 Å². The highest BCUT2D eigenvalue weighted by atomic mass is 32.1. The number of hydrogen-bond donors (Lipinski definition) is 1. The molecule has 1 N–H and O–H groups in total. The molecule has 3 aromatic heterocycles. The molecule has 0 saturated heterocycles. The van der Waals surface area contributed by atoms with Crippen LogP contribution < -0.4 is 0 Å². The molecule has 0 spiro atoms. The molecule has 0 saturated carbocycles. The molecule has 3 heterocycles. The molecule has 104 valence electrons. The van der Waals surface area contributed by atoms with Crippen LogP contribution in [0.4, 0.5) is 0 Å². The molecule has 0 radical (unpaired) electrons. The third kappa shape index (κ3) is 1.97. The van der Waals surface area contributed by atoms with E-state index in [-0.39, 0.29) is 0 Å². The lowest BCUT2D eigenvalue weighted by molar-refractivity contribution is 0.315. The summed E-state index contributed by atoms with van der Waals surface area (Å²) < 4.78 is 4.99. The van der Waals surface area contributed by atoms with Gasteiger partial charge >= 0.3 is 0 Å². The maximum absolute atomic E-state index is 4.99. The topological polar surface area (TPSA) is 54.7 Å². The summed E-state index contributed by atoms with van der Waals surface area (Å²) in [4.78, 5) is 5.79. The third-order valence-electron chi connectivity index (χ3n) is 3.54. The Morgan fingerprint density at radius 3 is 2.33 bits per heavy atom. The van der Waals surface area contributed by atoms with Gasteiger partial charge in [0.15, 0.2) is 0 Å². The van der Waals surface area contributed by atoms with Crippen molar-refractivity contribution in [3.63, 3.8) is 0 Å². The van der Waals surface area contributed by atoms with Crippen molar-refractivity contribution in [1.29, 1.82) is 0 Å². The first kappa shape index (κ1) is 12.3. The first-order valence-electron chi connectivity index (χ1n) is 6.70. The Morgan fingerprint density at radius 2 is 1.67 bits per heavy atom. The summed E-state index contributed by atoms with van der Waals surface area (Å²) in [5.74, 6) is 0. The smallest absolute Gasteiger partial charge is 0.145 e. The van der Waals surface area contributed by atoms with Gasteiger partial charge in [-0.15, -0.1) is 11.3 Å². The monoisotopic (exact) mass is 295 g/mol. The lowest BCUT2D eigenvalue weighted by Gasteiger charge is -2.02. The quantitative estimate of drug-likeness (QED) is 0.589. The fourth-order valence-electron chi connectivity index (χ4n) is 2.52. The van der Waals surface area contributed by atoms with Gasteiger partial charge in [-0.3, -0.25) is 0 Å². The number of H-pyrrole nitrogens is 1. The average molecular weight is 295 g/mol. The summed E-state index contributed by atoms with van der Waals surface area (Å²) in [6.07, 6.45) is 0. The van der Waals surface area contributed by atoms with Crippen molar-refractivity contribution in [2.75, 3.05) is 0 Å². The number of benzene rings is 1. The SMILES string of the molecule is Cc1ccc(-c2ccc(-c3ccc(C)s3)c3nonc23)[nH]1. The van der Waals surface area contributed by atoms with E-state index >= 15 is 0 Å².